The van der Waals surface area contributed by atoms with E-state index in [1.54, 1.807) is 13.2 Å². The molecule has 0 saturated heterocycles. The maximum Gasteiger partial charge on any atom is 0.311 e. The lowest BCUT2D eigenvalue weighted by Gasteiger charge is -2.23. The summed E-state index contributed by atoms with van der Waals surface area (Å²) in [5.41, 5.74) is 0.682. The molecule has 0 N–H and O–H groups in total. The van der Waals surface area contributed by atoms with Gasteiger partial charge in [0.15, 0.2) is 5.89 Å². The first-order chi connectivity index (χ1) is 8.69. The third-order valence-corrected chi connectivity index (χ3v) is 3.57. The molecule has 100 valence electrons. The van der Waals surface area contributed by atoms with Gasteiger partial charge in [0, 0.05) is 5.92 Å². The zero-order chi connectivity index (χ0) is 13.0. The Labute approximate surface area is 108 Å². The van der Waals surface area contributed by atoms with Crippen molar-refractivity contribution in [2.75, 3.05) is 6.61 Å². The van der Waals surface area contributed by atoms with Crippen molar-refractivity contribution in [3.8, 4) is 0 Å². The molecule has 0 aliphatic heterocycles. The standard InChI is InChI=1S/C14H21NO3/c1-3-17-13(16)8-12-9-18-14(15-12)11-6-4-10(2)5-7-11/h9-11H,3-8H2,1-2H3. The number of hydrogen-bond donors (Lipinski definition) is 0. The number of rotatable bonds is 4. The van der Waals surface area contributed by atoms with Gasteiger partial charge in [0.25, 0.3) is 0 Å². The van der Waals surface area contributed by atoms with E-state index in [9.17, 15) is 4.79 Å². The van der Waals surface area contributed by atoms with E-state index < -0.39 is 0 Å². The summed E-state index contributed by atoms with van der Waals surface area (Å²) in [6.45, 7) is 4.50. The number of carbonyl (C=O) groups is 1. The maximum atomic E-state index is 11.3. The molecule has 1 aliphatic rings. The van der Waals surface area contributed by atoms with Crippen molar-refractivity contribution in [3.05, 3.63) is 17.8 Å². The molecule has 0 atom stereocenters. The van der Waals surface area contributed by atoms with Crippen molar-refractivity contribution < 1.29 is 13.9 Å². The molecule has 18 heavy (non-hydrogen) atoms. The third kappa shape index (κ3) is 3.34. The van der Waals surface area contributed by atoms with E-state index in [0.717, 1.165) is 24.7 Å². The maximum absolute atomic E-state index is 11.3. The first-order valence-electron chi connectivity index (χ1n) is 6.79. The second-order valence-corrected chi connectivity index (χ2v) is 5.12. The molecule has 0 aromatic carbocycles. The molecule has 4 heteroatoms. The van der Waals surface area contributed by atoms with E-state index in [0.29, 0.717) is 18.2 Å². The zero-order valence-corrected chi connectivity index (χ0v) is 11.1. The Morgan fingerprint density at radius 1 is 1.44 bits per heavy atom. The SMILES string of the molecule is CCOC(=O)Cc1coc(C2CCC(C)CC2)n1. The molecule has 1 aliphatic carbocycles. The zero-order valence-electron chi connectivity index (χ0n) is 11.1. The highest BCUT2D eigenvalue weighted by Crippen LogP contribution is 2.34. The first-order valence-corrected chi connectivity index (χ1v) is 6.79. The summed E-state index contributed by atoms with van der Waals surface area (Å²) in [7, 11) is 0. The quantitative estimate of drug-likeness (QED) is 0.772. The fourth-order valence-electron chi connectivity index (χ4n) is 2.46. The molecular weight excluding hydrogens is 230 g/mol. The van der Waals surface area contributed by atoms with Crippen LogP contribution in [0.1, 0.15) is 57.0 Å². The van der Waals surface area contributed by atoms with Gasteiger partial charge in [0.1, 0.15) is 6.26 Å². The van der Waals surface area contributed by atoms with E-state index in [-0.39, 0.29) is 12.4 Å². The monoisotopic (exact) mass is 251 g/mol. The van der Waals surface area contributed by atoms with Crippen LogP contribution in [0, 0.1) is 5.92 Å². The average Bonchev–Trinajstić information content (AvgIpc) is 2.78. The fourth-order valence-corrected chi connectivity index (χ4v) is 2.46. The Bertz CT molecular complexity index is 391. The van der Waals surface area contributed by atoms with Gasteiger partial charge in [-0.25, -0.2) is 4.98 Å². The molecule has 1 aromatic heterocycles. The van der Waals surface area contributed by atoms with Crippen LogP contribution in [0.5, 0.6) is 0 Å². The number of carbonyl (C=O) groups excluding carboxylic acids is 1. The minimum Gasteiger partial charge on any atom is -0.466 e. The fraction of sp³-hybridized carbons (Fsp3) is 0.714. The molecular formula is C14H21NO3. The van der Waals surface area contributed by atoms with Gasteiger partial charge in [0.2, 0.25) is 0 Å². The van der Waals surface area contributed by atoms with Gasteiger partial charge < -0.3 is 9.15 Å². The summed E-state index contributed by atoms with van der Waals surface area (Å²) < 4.78 is 10.4. The average molecular weight is 251 g/mol. The number of aromatic nitrogens is 1. The number of hydrogen-bond acceptors (Lipinski definition) is 4. The lowest BCUT2D eigenvalue weighted by molar-refractivity contribution is -0.142. The number of esters is 1. The second-order valence-electron chi connectivity index (χ2n) is 5.12. The van der Waals surface area contributed by atoms with Crippen LogP contribution in [0.2, 0.25) is 0 Å². The topological polar surface area (TPSA) is 52.3 Å². The summed E-state index contributed by atoms with van der Waals surface area (Å²) >= 11 is 0. The summed E-state index contributed by atoms with van der Waals surface area (Å²) in [6.07, 6.45) is 6.55. The van der Waals surface area contributed by atoms with Crippen LogP contribution in [0.25, 0.3) is 0 Å². The van der Waals surface area contributed by atoms with Crippen molar-refractivity contribution in [1.82, 2.24) is 4.98 Å². The molecule has 0 unspecified atom stereocenters. The van der Waals surface area contributed by atoms with E-state index in [1.807, 2.05) is 0 Å². The normalized spacial score (nSPS) is 23.9. The van der Waals surface area contributed by atoms with E-state index >= 15 is 0 Å². The molecule has 1 heterocycles. The Morgan fingerprint density at radius 2 is 2.17 bits per heavy atom. The van der Waals surface area contributed by atoms with Gasteiger partial charge >= 0.3 is 5.97 Å². The molecule has 0 radical (unpaired) electrons. The van der Waals surface area contributed by atoms with Crippen LogP contribution in [-0.2, 0) is 16.0 Å². The van der Waals surface area contributed by atoms with Crippen LogP contribution >= 0.6 is 0 Å². The highest BCUT2D eigenvalue weighted by Gasteiger charge is 2.23. The van der Waals surface area contributed by atoms with Crippen LogP contribution in [0.3, 0.4) is 0 Å². The molecule has 1 fully saturated rings. The van der Waals surface area contributed by atoms with Crippen LogP contribution < -0.4 is 0 Å². The second kappa shape index (κ2) is 6.03. The minimum atomic E-state index is -0.241. The van der Waals surface area contributed by atoms with Gasteiger partial charge in [-0.1, -0.05) is 6.92 Å². The Balaban J connectivity index is 1.91. The smallest absolute Gasteiger partial charge is 0.311 e. The van der Waals surface area contributed by atoms with Crippen LogP contribution in [-0.4, -0.2) is 17.6 Å². The summed E-state index contributed by atoms with van der Waals surface area (Å²) in [5.74, 6) is 1.79. The molecule has 4 nitrogen and oxygen atoms in total. The minimum absolute atomic E-state index is 0.209. The van der Waals surface area contributed by atoms with E-state index in [1.165, 1.54) is 12.8 Å². The van der Waals surface area contributed by atoms with Crippen molar-refractivity contribution in [3.63, 3.8) is 0 Å². The highest BCUT2D eigenvalue weighted by atomic mass is 16.5. The highest BCUT2D eigenvalue weighted by molar-refractivity contribution is 5.71. The first kappa shape index (κ1) is 13.1. The van der Waals surface area contributed by atoms with Gasteiger partial charge in [-0.15, -0.1) is 0 Å². The molecule has 0 amide bonds. The Hall–Kier alpha value is -1.32. The number of nitrogens with zero attached hydrogens (tertiary/aromatic N) is 1. The third-order valence-electron chi connectivity index (χ3n) is 3.57. The van der Waals surface area contributed by atoms with Gasteiger partial charge in [0.05, 0.1) is 18.7 Å². The molecule has 2 rings (SSSR count). The largest absolute Gasteiger partial charge is 0.466 e. The van der Waals surface area contributed by atoms with E-state index in [2.05, 4.69) is 11.9 Å². The van der Waals surface area contributed by atoms with Gasteiger partial charge in [-0.2, -0.15) is 0 Å². The van der Waals surface area contributed by atoms with Crippen molar-refractivity contribution in [1.29, 1.82) is 0 Å². The summed E-state index contributed by atoms with van der Waals surface area (Å²) in [6, 6.07) is 0. The number of ether oxygens (including phenoxy) is 1. The molecule has 1 saturated carbocycles. The van der Waals surface area contributed by atoms with Gasteiger partial charge in [-0.05, 0) is 38.5 Å². The Kier molecular flexibility index (Phi) is 4.39. The predicted octanol–water partition coefficient (Wildman–Crippen LogP) is 3.07. The molecule has 0 bridgehead atoms. The summed E-state index contributed by atoms with van der Waals surface area (Å²) in [4.78, 5) is 15.8. The summed E-state index contributed by atoms with van der Waals surface area (Å²) in [5, 5.41) is 0. The van der Waals surface area contributed by atoms with Crippen molar-refractivity contribution in [2.45, 2.75) is 51.9 Å². The molecule has 0 spiro atoms. The predicted molar refractivity (Wildman–Crippen MR) is 67.2 cm³/mol. The van der Waals surface area contributed by atoms with E-state index in [4.69, 9.17) is 9.15 Å². The Morgan fingerprint density at radius 3 is 2.83 bits per heavy atom. The lowest BCUT2D eigenvalue weighted by atomic mass is 9.83. The van der Waals surface area contributed by atoms with Gasteiger partial charge in [-0.3, -0.25) is 4.79 Å². The van der Waals surface area contributed by atoms with Crippen LogP contribution in [0.4, 0.5) is 0 Å². The van der Waals surface area contributed by atoms with Crippen molar-refractivity contribution >= 4 is 5.97 Å². The lowest BCUT2D eigenvalue weighted by Crippen LogP contribution is -2.11. The van der Waals surface area contributed by atoms with Crippen molar-refractivity contribution in [2.24, 2.45) is 5.92 Å². The molecule has 1 aromatic rings. The van der Waals surface area contributed by atoms with Crippen LogP contribution in [0.15, 0.2) is 10.7 Å². The number of oxazole rings is 1.